The van der Waals surface area contributed by atoms with Gasteiger partial charge in [0.25, 0.3) is 0 Å². The van der Waals surface area contributed by atoms with Crippen LogP contribution >= 0.6 is 0 Å². The summed E-state index contributed by atoms with van der Waals surface area (Å²) in [6.07, 6.45) is 53.1. The van der Waals surface area contributed by atoms with Gasteiger partial charge in [0.1, 0.15) is 13.2 Å². The van der Waals surface area contributed by atoms with Gasteiger partial charge in [0, 0.05) is 19.3 Å². The van der Waals surface area contributed by atoms with Gasteiger partial charge in [0.15, 0.2) is 6.10 Å². The van der Waals surface area contributed by atoms with Crippen LogP contribution in [0.5, 0.6) is 0 Å². The monoisotopic (exact) mass is 767 g/mol. The maximum absolute atomic E-state index is 12.7. The third-order valence-corrected chi connectivity index (χ3v) is 9.21. The molecule has 6 heteroatoms. The van der Waals surface area contributed by atoms with Gasteiger partial charge in [-0.05, 0) is 83.5 Å². The summed E-state index contributed by atoms with van der Waals surface area (Å²) in [7, 11) is 0. The molecule has 0 rings (SSSR count). The smallest absolute Gasteiger partial charge is 0.306 e. The minimum atomic E-state index is -0.792. The van der Waals surface area contributed by atoms with E-state index in [1.54, 1.807) is 0 Å². The second-order valence-electron chi connectivity index (χ2n) is 14.5. The second-order valence-corrected chi connectivity index (χ2v) is 14.5. The molecule has 0 heterocycles. The Morgan fingerprint density at radius 1 is 0.382 bits per heavy atom. The van der Waals surface area contributed by atoms with Crippen molar-refractivity contribution < 1.29 is 28.6 Å². The van der Waals surface area contributed by atoms with E-state index in [4.69, 9.17) is 14.2 Å². The molecule has 1 unspecified atom stereocenters. The predicted octanol–water partition coefficient (Wildman–Crippen LogP) is 14.3. The Kier molecular flexibility index (Phi) is 41.1. The SMILES string of the molecule is CC/C=C\C/C=C\C/C=C\CCCCCCC(=O)OCC(COC(=O)CCCCCCCCCCC)OC(=O)CCCCCC/C=C\C/C=C\C/C=C\CC. The highest BCUT2D eigenvalue weighted by molar-refractivity contribution is 5.71. The van der Waals surface area contributed by atoms with Crippen LogP contribution in [0.1, 0.15) is 201 Å². The van der Waals surface area contributed by atoms with Gasteiger partial charge in [-0.1, -0.05) is 171 Å². The summed E-state index contributed by atoms with van der Waals surface area (Å²) in [6.45, 7) is 6.33. The fraction of sp³-hybridized carbons (Fsp3) is 0.694. The van der Waals surface area contributed by atoms with Crippen LogP contribution in [0, 0.1) is 0 Å². The van der Waals surface area contributed by atoms with Crippen molar-refractivity contribution in [3.05, 3.63) is 72.9 Å². The minimum absolute atomic E-state index is 0.0918. The highest BCUT2D eigenvalue weighted by Crippen LogP contribution is 2.13. The molecule has 6 nitrogen and oxygen atoms in total. The predicted molar refractivity (Wildman–Crippen MR) is 233 cm³/mol. The van der Waals surface area contributed by atoms with E-state index in [1.165, 1.54) is 38.5 Å². The van der Waals surface area contributed by atoms with Crippen LogP contribution in [0.2, 0.25) is 0 Å². The molecule has 0 amide bonds. The number of ether oxygens (including phenoxy) is 3. The first-order chi connectivity index (χ1) is 27.0. The van der Waals surface area contributed by atoms with E-state index in [2.05, 4.69) is 93.7 Å². The third kappa shape index (κ3) is 41.8. The van der Waals surface area contributed by atoms with E-state index in [0.29, 0.717) is 19.3 Å². The van der Waals surface area contributed by atoms with E-state index < -0.39 is 6.10 Å². The molecule has 0 aromatic heterocycles. The normalized spacial score (nSPS) is 12.7. The number of hydrogen-bond donors (Lipinski definition) is 0. The zero-order valence-electron chi connectivity index (χ0n) is 35.7. The zero-order valence-corrected chi connectivity index (χ0v) is 35.7. The Labute approximate surface area is 338 Å². The molecular weight excluding hydrogens is 685 g/mol. The van der Waals surface area contributed by atoms with Crippen molar-refractivity contribution in [1.82, 2.24) is 0 Å². The number of carbonyl (C=O) groups excluding carboxylic acids is 3. The lowest BCUT2D eigenvalue weighted by atomic mass is 10.1. The quantitative estimate of drug-likeness (QED) is 0.0268. The van der Waals surface area contributed by atoms with Crippen molar-refractivity contribution in [2.24, 2.45) is 0 Å². The van der Waals surface area contributed by atoms with Gasteiger partial charge in [-0.15, -0.1) is 0 Å². The van der Waals surface area contributed by atoms with Gasteiger partial charge in [-0.3, -0.25) is 14.4 Å². The molecule has 314 valence electrons. The summed E-state index contributed by atoms with van der Waals surface area (Å²) in [5.74, 6) is -0.946. The molecule has 0 saturated carbocycles. The molecule has 0 spiro atoms. The minimum Gasteiger partial charge on any atom is -0.462 e. The first kappa shape index (κ1) is 51.9. The van der Waals surface area contributed by atoms with Crippen molar-refractivity contribution >= 4 is 17.9 Å². The van der Waals surface area contributed by atoms with Crippen molar-refractivity contribution in [2.45, 2.75) is 207 Å². The standard InChI is InChI=1S/C49H82O6/c1-4-7-10-13-16-19-21-23-25-27-30-33-36-39-42-48(51)54-45-46(44-53-47(50)41-38-35-32-29-18-15-12-9-6-3)55-49(52)43-40-37-34-31-28-26-24-22-20-17-14-11-8-5-2/h7-8,10-11,16-17,19-20,23-26,46H,4-6,9,12-15,18,21-22,27-45H2,1-3H3/b10-7-,11-8-,19-16-,20-17-,25-23-,26-24-. The molecule has 0 aliphatic heterocycles. The van der Waals surface area contributed by atoms with Crippen LogP contribution in [-0.4, -0.2) is 37.2 Å². The number of allylic oxidation sites excluding steroid dienone is 12. The Bertz CT molecular complexity index is 1070. The maximum atomic E-state index is 12.7. The summed E-state index contributed by atoms with van der Waals surface area (Å²) >= 11 is 0. The average Bonchev–Trinajstić information content (AvgIpc) is 3.18. The topological polar surface area (TPSA) is 78.9 Å². The summed E-state index contributed by atoms with van der Waals surface area (Å²) in [6, 6.07) is 0. The highest BCUT2D eigenvalue weighted by atomic mass is 16.6. The van der Waals surface area contributed by atoms with Crippen molar-refractivity contribution in [2.75, 3.05) is 13.2 Å². The molecule has 0 fully saturated rings. The second kappa shape index (κ2) is 43.6. The van der Waals surface area contributed by atoms with Gasteiger partial charge >= 0.3 is 17.9 Å². The van der Waals surface area contributed by atoms with Gasteiger partial charge in [-0.25, -0.2) is 0 Å². The van der Waals surface area contributed by atoms with Crippen molar-refractivity contribution in [3.8, 4) is 0 Å². The highest BCUT2D eigenvalue weighted by Gasteiger charge is 2.19. The maximum Gasteiger partial charge on any atom is 0.306 e. The van der Waals surface area contributed by atoms with E-state index in [-0.39, 0.29) is 31.1 Å². The van der Waals surface area contributed by atoms with Crippen LogP contribution in [-0.2, 0) is 28.6 Å². The van der Waals surface area contributed by atoms with Crippen LogP contribution in [0.3, 0.4) is 0 Å². The van der Waals surface area contributed by atoms with E-state index in [0.717, 1.165) is 122 Å². The lowest BCUT2D eigenvalue weighted by Gasteiger charge is -2.18. The molecule has 0 aliphatic rings. The lowest BCUT2D eigenvalue weighted by Crippen LogP contribution is -2.30. The molecule has 0 saturated heterocycles. The summed E-state index contributed by atoms with van der Waals surface area (Å²) in [5.41, 5.74) is 0. The fourth-order valence-corrected chi connectivity index (χ4v) is 5.88. The van der Waals surface area contributed by atoms with E-state index in [9.17, 15) is 14.4 Å². The third-order valence-electron chi connectivity index (χ3n) is 9.21. The first-order valence-corrected chi connectivity index (χ1v) is 22.4. The number of carbonyl (C=O) groups is 3. The van der Waals surface area contributed by atoms with E-state index >= 15 is 0 Å². The van der Waals surface area contributed by atoms with Crippen LogP contribution in [0.4, 0.5) is 0 Å². The van der Waals surface area contributed by atoms with Crippen LogP contribution in [0.15, 0.2) is 72.9 Å². The molecule has 0 aromatic carbocycles. The van der Waals surface area contributed by atoms with Crippen LogP contribution in [0.25, 0.3) is 0 Å². The molecule has 0 aliphatic carbocycles. The fourth-order valence-electron chi connectivity index (χ4n) is 5.88. The molecule has 0 aromatic rings. The first-order valence-electron chi connectivity index (χ1n) is 22.4. The zero-order chi connectivity index (χ0) is 40.1. The Morgan fingerprint density at radius 2 is 0.709 bits per heavy atom. The lowest BCUT2D eigenvalue weighted by molar-refractivity contribution is -0.167. The van der Waals surface area contributed by atoms with E-state index in [1.807, 2.05) is 0 Å². The Morgan fingerprint density at radius 3 is 1.11 bits per heavy atom. The van der Waals surface area contributed by atoms with Crippen molar-refractivity contribution in [3.63, 3.8) is 0 Å². The number of esters is 3. The number of rotatable bonds is 39. The van der Waals surface area contributed by atoms with Gasteiger partial charge in [-0.2, -0.15) is 0 Å². The molecule has 0 N–H and O–H groups in total. The Balaban J connectivity index is 4.45. The van der Waals surface area contributed by atoms with Gasteiger partial charge in [0.05, 0.1) is 0 Å². The van der Waals surface area contributed by atoms with Gasteiger partial charge < -0.3 is 14.2 Å². The van der Waals surface area contributed by atoms with Crippen molar-refractivity contribution in [1.29, 1.82) is 0 Å². The average molecular weight is 767 g/mol. The summed E-state index contributed by atoms with van der Waals surface area (Å²) in [5, 5.41) is 0. The molecule has 55 heavy (non-hydrogen) atoms. The molecule has 0 radical (unpaired) electrons. The van der Waals surface area contributed by atoms with Gasteiger partial charge in [0.2, 0.25) is 0 Å². The van der Waals surface area contributed by atoms with Crippen LogP contribution < -0.4 is 0 Å². The molecular formula is C49H82O6. The molecule has 0 bridgehead atoms. The number of unbranched alkanes of at least 4 members (excludes halogenated alkanes) is 16. The molecule has 1 atom stereocenters. The summed E-state index contributed by atoms with van der Waals surface area (Å²) in [4.78, 5) is 37.7. The Hall–Kier alpha value is -3.15. The number of hydrogen-bond acceptors (Lipinski definition) is 6. The largest absolute Gasteiger partial charge is 0.462 e. The summed E-state index contributed by atoms with van der Waals surface area (Å²) < 4.78 is 16.6.